The minimum Gasteiger partial charge on any atom is -0.471 e. The topological polar surface area (TPSA) is 42.4 Å². The molecule has 0 fully saturated rings. The number of aliphatic hydroxyl groups excluding tert-OH is 1. The van der Waals surface area contributed by atoms with E-state index in [1.165, 1.54) is 12.3 Å². The number of hydrogen-bond acceptors (Lipinski definition) is 3. The third-order valence-corrected chi connectivity index (χ3v) is 2.87. The average molecular weight is 312 g/mol. The fourth-order valence-corrected chi connectivity index (χ4v) is 1.91. The molecule has 0 spiro atoms. The summed E-state index contributed by atoms with van der Waals surface area (Å²) in [6, 6.07) is 8.94. The van der Waals surface area contributed by atoms with Gasteiger partial charge in [0.25, 0.3) is 5.88 Å². The number of nitrogens with zero attached hydrogens (tertiary/aromatic N) is 1. The van der Waals surface area contributed by atoms with E-state index in [9.17, 15) is 4.39 Å². The highest BCUT2D eigenvalue weighted by atomic mass is 79.9. The molecule has 3 nitrogen and oxygen atoms in total. The molecule has 1 aromatic heterocycles. The molecule has 0 radical (unpaired) electrons. The molecule has 94 valence electrons. The number of aliphatic hydroxyl groups is 1. The van der Waals surface area contributed by atoms with E-state index in [1.54, 1.807) is 0 Å². The Balaban J connectivity index is 2.11. The van der Waals surface area contributed by atoms with Gasteiger partial charge in [0, 0.05) is 16.2 Å². The summed E-state index contributed by atoms with van der Waals surface area (Å²) in [5.74, 6) is -0.712. The van der Waals surface area contributed by atoms with Crippen molar-refractivity contribution in [2.75, 3.05) is 0 Å². The van der Waals surface area contributed by atoms with Gasteiger partial charge in [0.2, 0.25) is 0 Å². The molecule has 2 rings (SSSR count). The predicted molar refractivity (Wildman–Crippen MR) is 68.6 cm³/mol. The summed E-state index contributed by atoms with van der Waals surface area (Å²) < 4.78 is 19.9. The van der Waals surface area contributed by atoms with Crippen molar-refractivity contribution in [2.45, 2.75) is 13.2 Å². The fraction of sp³-hybridized carbons (Fsp3) is 0.154. The summed E-state index contributed by atoms with van der Waals surface area (Å²) in [6.07, 6.45) is 1.41. The molecule has 0 saturated carbocycles. The van der Waals surface area contributed by atoms with Crippen LogP contribution < -0.4 is 4.74 Å². The quantitative estimate of drug-likeness (QED) is 0.943. The first-order valence-electron chi connectivity index (χ1n) is 5.32. The number of halogens is 2. The lowest BCUT2D eigenvalue weighted by atomic mass is 10.2. The second kappa shape index (κ2) is 5.93. The van der Waals surface area contributed by atoms with E-state index in [-0.39, 0.29) is 24.7 Å². The van der Waals surface area contributed by atoms with Gasteiger partial charge in [-0.1, -0.05) is 28.1 Å². The second-order valence-corrected chi connectivity index (χ2v) is 4.58. The van der Waals surface area contributed by atoms with Gasteiger partial charge < -0.3 is 9.84 Å². The molecule has 0 bridgehead atoms. The Bertz CT molecular complexity index is 548. The average Bonchev–Trinajstić information content (AvgIpc) is 2.38. The lowest BCUT2D eigenvalue weighted by Crippen LogP contribution is -2.02. The van der Waals surface area contributed by atoms with Crippen molar-refractivity contribution < 1.29 is 14.2 Å². The van der Waals surface area contributed by atoms with Gasteiger partial charge in [-0.2, -0.15) is 0 Å². The Morgan fingerprint density at radius 1 is 1.33 bits per heavy atom. The van der Waals surface area contributed by atoms with Crippen molar-refractivity contribution in [3.05, 3.63) is 57.9 Å². The zero-order valence-electron chi connectivity index (χ0n) is 9.44. The second-order valence-electron chi connectivity index (χ2n) is 3.67. The van der Waals surface area contributed by atoms with Gasteiger partial charge in [-0.3, -0.25) is 0 Å². The molecule has 0 aliphatic carbocycles. The van der Waals surface area contributed by atoms with Crippen molar-refractivity contribution in [1.29, 1.82) is 0 Å². The Labute approximate surface area is 112 Å². The van der Waals surface area contributed by atoms with E-state index in [2.05, 4.69) is 20.9 Å². The molecular formula is C13H11BrFNO2. The van der Waals surface area contributed by atoms with Crippen LogP contribution in [0.2, 0.25) is 0 Å². The van der Waals surface area contributed by atoms with E-state index in [0.717, 1.165) is 10.0 Å². The third kappa shape index (κ3) is 3.05. The van der Waals surface area contributed by atoms with Gasteiger partial charge in [0.05, 0.1) is 6.61 Å². The van der Waals surface area contributed by atoms with Crippen LogP contribution >= 0.6 is 15.9 Å². The number of rotatable bonds is 4. The maximum Gasteiger partial charge on any atom is 0.251 e. The van der Waals surface area contributed by atoms with Crippen LogP contribution in [0.4, 0.5) is 4.39 Å². The minimum absolute atomic E-state index is 0.0958. The van der Waals surface area contributed by atoms with Gasteiger partial charge in [0.1, 0.15) is 6.61 Å². The molecule has 0 unspecified atom stereocenters. The number of benzene rings is 1. The number of pyridine rings is 1. The Kier molecular flexibility index (Phi) is 4.28. The Morgan fingerprint density at radius 3 is 2.89 bits per heavy atom. The van der Waals surface area contributed by atoms with Gasteiger partial charge in [-0.05, 0) is 23.8 Å². The molecule has 1 heterocycles. The van der Waals surface area contributed by atoms with Crippen molar-refractivity contribution in [3.63, 3.8) is 0 Å². The summed E-state index contributed by atoms with van der Waals surface area (Å²) in [7, 11) is 0. The maximum absolute atomic E-state index is 13.7. The van der Waals surface area contributed by atoms with Crippen LogP contribution in [0, 0.1) is 5.82 Å². The lowest BCUT2D eigenvalue weighted by molar-refractivity contribution is 0.256. The zero-order chi connectivity index (χ0) is 13.0. The van der Waals surface area contributed by atoms with Crippen LogP contribution in [0.15, 0.2) is 41.0 Å². The van der Waals surface area contributed by atoms with Crippen molar-refractivity contribution >= 4 is 15.9 Å². The lowest BCUT2D eigenvalue weighted by Gasteiger charge is -2.08. The highest BCUT2D eigenvalue weighted by Crippen LogP contribution is 2.19. The maximum atomic E-state index is 13.7. The molecule has 0 saturated heterocycles. The van der Waals surface area contributed by atoms with Crippen molar-refractivity contribution in [1.82, 2.24) is 4.98 Å². The van der Waals surface area contributed by atoms with E-state index in [1.807, 2.05) is 24.3 Å². The molecule has 1 N–H and O–H groups in total. The molecule has 0 aliphatic rings. The van der Waals surface area contributed by atoms with E-state index in [0.29, 0.717) is 0 Å². The summed E-state index contributed by atoms with van der Waals surface area (Å²) in [6.45, 7) is -0.153. The van der Waals surface area contributed by atoms with Crippen LogP contribution in [0.25, 0.3) is 0 Å². The molecule has 18 heavy (non-hydrogen) atoms. The molecular weight excluding hydrogens is 301 g/mol. The first-order chi connectivity index (χ1) is 8.70. The van der Waals surface area contributed by atoms with E-state index in [4.69, 9.17) is 9.84 Å². The van der Waals surface area contributed by atoms with Crippen LogP contribution in [0.3, 0.4) is 0 Å². The normalized spacial score (nSPS) is 10.4. The standard InChI is InChI=1S/C13H11BrFNO2/c14-11-3-1-2-9(6-11)8-18-13-12(15)10(7-17)4-5-16-13/h1-6,17H,7-8H2. The highest BCUT2D eigenvalue weighted by Gasteiger charge is 2.10. The van der Waals surface area contributed by atoms with Gasteiger partial charge in [-0.15, -0.1) is 0 Å². The van der Waals surface area contributed by atoms with Crippen LogP contribution in [-0.4, -0.2) is 10.1 Å². The van der Waals surface area contributed by atoms with Crippen LogP contribution in [0.1, 0.15) is 11.1 Å². The monoisotopic (exact) mass is 311 g/mol. The largest absolute Gasteiger partial charge is 0.471 e. The fourth-order valence-electron chi connectivity index (χ4n) is 1.46. The molecule has 0 atom stereocenters. The smallest absolute Gasteiger partial charge is 0.251 e. The third-order valence-electron chi connectivity index (χ3n) is 2.37. The number of ether oxygens (including phenoxy) is 1. The van der Waals surface area contributed by atoms with Gasteiger partial charge >= 0.3 is 0 Å². The molecule has 5 heteroatoms. The summed E-state index contributed by atoms with van der Waals surface area (Å²) >= 11 is 3.35. The predicted octanol–water partition coefficient (Wildman–Crippen LogP) is 3.05. The number of hydrogen-bond donors (Lipinski definition) is 1. The first-order valence-corrected chi connectivity index (χ1v) is 6.11. The Morgan fingerprint density at radius 2 is 2.17 bits per heavy atom. The summed E-state index contributed by atoms with van der Waals surface area (Å²) in [5.41, 5.74) is 1.08. The van der Waals surface area contributed by atoms with Crippen molar-refractivity contribution in [2.24, 2.45) is 0 Å². The molecule has 0 aliphatic heterocycles. The van der Waals surface area contributed by atoms with E-state index >= 15 is 0 Å². The summed E-state index contributed by atoms with van der Waals surface area (Å²) in [4.78, 5) is 3.80. The molecule has 0 amide bonds. The van der Waals surface area contributed by atoms with Gasteiger partial charge in [-0.25, -0.2) is 9.37 Å². The number of aromatic nitrogens is 1. The zero-order valence-corrected chi connectivity index (χ0v) is 11.0. The molecule has 2 aromatic rings. The van der Waals surface area contributed by atoms with Gasteiger partial charge in [0.15, 0.2) is 5.82 Å². The van der Waals surface area contributed by atoms with Crippen molar-refractivity contribution in [3.8, 4) is 5.88 Å². The van der Waals surface area contributed by atoms with Crippen LogP contribution in [-0.2, 0) is 13.2 Å². The van der Waals surface area contributed by atoms with E-state index < -0.39 is 5.82 Å². The minimum atomic E-state index is -0.616. The Hall–Kier alpha value is -1.46. The highest BCUT2D eigenvalue weighted by molar-refractivity contribution is 9.10. The van der Waals surface area contributed by atoms with Crippen LogP contribution in [0.5, 0.6) is 5.88 Å². The SMILES string of the molecule is OCc1ccnc(OCc2cccc(Br)c2)c1F. The summed E-state index contributed by atoms with van der Waals surface area (Å²) in [5, 5.41) is 8.93. The molecule has 1 aromatic carbocycles. The first kappa shape index (κ1) is 13.0.